The molecule has 5 heteroatoms. The molecule has 20 heavy (non-hydrogen) atoms. The van der Waals surface area contributed by atoms with Gasteiger partial charge in [-0.1, -0.05) is 0 Å². The SMILES string of the molecule is CSCCCCNC1CCN(C(=O)OC(C)(C)C)CC1. The Balaban J connectivity index is 2.15. The third-order valence-electron chi connectivity index (χ3n) is 3.35. The van der Waals surface area contributed by atoms with Crippen LogP contribution in [0.2, 0.25) is 0 Å². The molecule has 0 unspecified atom stereocenters. The van der Waals surface area contributed by atoms with Crippen LogP contribution in [0, 0.1) is 0 Å². The van der Waals surface area contributed by atoms with Gasteiger partial charge in [0.1, 0.15) is 5.60 Å². The van der Waals surface area contributed by atoms with Crippen LogP contribution in [0.15, 0.2) is 0 Å². The van der Waals surface area contributed by atoms with Crippen LogP contribution in [0.3, 0.4) is 0 Å². The molecule has 1 N–H and O–H groups in total. The molecule has 1 heterocycles. The first kappa shape index (κ1) is 17.6. The topological polar surface area (TPSA) is 41.6 Å². The summed E-state index contributed by atoms with van der Waals surface area (Å²) >= 11 is 1.91. The first-order valence-electron chi connectivity index (χ1n) is 7.62. The van der Waals surface area contributed by atoms with Gasteiger partial charge in [-0.2, -0.15) is 11.8 Å². The fourth-order valence-corrected chi connectivity index (χ4v) is 2.76. The predicted octanol–water partition coefficient (Wildman–Crippen LogP) is 3.12. The van der Waals surface area contributed by atoms with Crippen molar-refractivity contribution in [1.29, 1.82) is 0 Å². The molecular weight excluding hydrogens is 272 g/mol. The van der Waals surface area contributed by atoms with Crippen LogP contribution >= 0.6 is 11.8 Å². The number of nitrogens with zero attached hydrogens (tertiary/aromatic N) is 1. The van der Waals surface area contributed by atoms with Gasteiger partial charge < -0.3 is 15.0 Å². The molecular formula is C15H30N2O2S. The highest BCUT2D eigenvalue weighted by atomic mass is 32.2. The molecule has 0 aromatic rings. The standard InChI is InChI=1S/C15H30N2O2S/c1-15(2,3)19-14(18)17-10-7-13(8-11-17)16-9-5-6-12-20-4/h13,16H,5-12H2,1-4H3. The second-order valence-electron chi connectivity index (χ2n) is 6.40. The van der Waals surface area contributed by atoms with Crippen LogP contribution < -0.4 is 5.32 Å². The quantitative estimate of drug-likeness (QED) is 0.766. The number of thioether (sulfide) groups is 1. The minimum atomic E-state index is -0.399. The molecule has 0 aromatic heterocycles. The lowest BCUT2D eigenvalue weighted by Crippen LogP contribution is -2.46. The molecule has 4 nitrogen and oxygen atoms in total. The Morgan fingerprint density at radius 3 is 2.50 bits per heavy atom. The number of hydrogen-bond donors (Lipinski definition) is 1. The molecule has 0 spiro atoms. The summed E-state index contributed by atoms with van der Waals surface area (Å²) < 4.78 is 5.40. The molecule has 1 rings (SSSR count). The lowest BCUT2D eigenvalue weighted by molar-refractivity contribution is 0.0198. The second kappa shape index (κ2) is 8.78. The van der Waals surface area contributed by atoms with Gasteiger partial charge in [0.2, 0.25) is 0 Å². The number of amides is 1. The highest BCUT2D eigenvalue weighted by Crippen LogP contribution is 2.15. The number of nitrogens with one attached hydrogen (secondary N) is 1. The summed E-state index contributed by atoms with van der Waals surface area (Å²) in [6, 6.07) is 0.558. The molecule has 0 bridgehead atoms. The summed E-state index contributed by atoms with van der Waals surface area (Å²) in [4.78, 5) is 13.8. The average Bonchev–Trinajstić information content (AvgIpc) is 2.37. The molecule has 0 aliphatic carbocycles. The highest BCUT2D eigenvalue weighted by molar-refractivity contribution is 7.98. The van der Waals surface area contributed by atoms with Gasteiger partial charge in [-0.15, -0.1) is 0 Å². The van der Waals surface area contributed by atoms with Crippen molar-refractivity contribution in [2.24, 2.45) is 0 Å². The molecule has 0 saturated carbocycles. The highest BCUT2D eigenvalue weighted by Gasteiger charge is 2.26. The van der Waals surface area contributed by atoms with E-state index >= 15 is 0 Å². The Morgan fingerprint density at radius 1 is 1.30 bits per heavy atom. The second-order valence-corrected chi connectivity index (χ2v) is 7.38. The molecule has 1 amide bonds. The van der Waals surface area contributed by atoms with E-state index in [1.807, 2.05) is 37.4 Å². The van der Waals surface area contributed by atoms with Crippen LogP contribution in [-0.4, -0.2) is 54.3 Å². The Bertz CT molecular complexity index is 284. The third-order valence-corrected chi connectivity index (χ3v) is 4.05. The minimum absolute atomic E-state index is 0.170. The van der Waals surface area contributed by atoms with Gasteiger partial charge in [0.15, 0.2) is 0 Å². The maximum Gasteiger partial charge on any atom is 0.410 e. The molecule has 1 aliphatic rings. The Labute approximate surface area is 128 Å². The fourth-order valence-electron chi connectivity index (χ4n) is 2.27. The molecule has 1 saturated heterocycles. The summed E-state index contributed by atoms with van der Waals surface area (Å²) in [5.74, 6) is 1.25. The van der Waals surface area contributed by atoms with Crippen LogP contribution in [-0.2, 0) is 4.74 Å². The molecule has 1 fully saturated rings. The van der Waals surface area contributed by atoms with E-state index in [0.717, 1.165) is 32.5 Å². The monoisotopic (exact) mass is 302 g/mol. The van der Waals surface area contributed by atoms with E-state index in [4.69, 9.17) is 4.74 Å². The van der Waals surface area contributed by atoms with Crippen molar-refractivity contribution < 1.29 is 9.53 Å². The van der Waals surface area contributed by atoms with Gasteiger partial charge in [0.05, 0.1) is 0 Å². The normalized spacial score (nSPS) is 17.3. The van der Waals surface area contributed by atoms with Crippen molar-refractivity contribution >= 4 is 17.9 Å². The van der Waals surface area contributed by atoms with E-state index in [1.54, 1.807) is 0 Å². The number of ether oxygens (including phenoxy) is 1. The van der Waals surface area contributed by atoms with E-state index < -0.39 is 5.60 Å². The largest absolute Gasteiger partial charge is 0.444 e. The van der Waals surface area contributed by atoms with Crippen molar-refractivity contribution in [3.8, 4) is 0 Å². The Kier molecular flexibility index (Phi) is 7.74. The smallest absolute Gasteiger partial charge is 0.410 e. The van der Waals surface area contributed by atoms with Crippen LogP contribution in [0.1, 0.15) is 46.5 Å². The fraction of sp³-hybridized carbons (Fsp3) is 0.933. The maximum absolute atomic E-state index is 11.9. The van der Waals surface area contributed by atoms with Gasteiger partial charge >= 0.3 is 6.09 Å². The third kappa shape index (κ3) is 7.39. The number of likely N-dealkylation sites (tertiary alicyclic amines) is 1. The number of carbonyl (C=O) groups excluding carboxylic acids is 1. The van der Waals surface area contributed by atoms with Crippen LogP contribution in [0.25, 0.3) is 0 Å². The first-order chi connectivity index (χ1) is 9.42. The van der Waals surface area contributed by atoms with Crippen molar-refractivity contribution in [1.82, 2.24) is 10.2 Å². The number of hydrogen-bond acceptors (Lipinski definition) is 4. The predicted molar refractivity (Wildman–Crippen MR) is 86.4 cm³/mol. The Hall–Kier alpha value is -0.420. The number of rotatable bonds is 6. The summed E-state index contributed by atoms with van der Waals surface area (Å²) in [7, 11) is 0. The number of unbranched alkanes of at least 4 members (excludes halogenated alkanes) is 1. The molecule has 118 valence electrons. The van der Waals surface area contributed by atoms with E-state index in [2.05, 4.69) is 11.6 Å². The van der Waals surface area contributed by atoms with Crippen LogP contribution in [0.5, 0.6) is 0 Å². The van der Waals surface area contributed by atoms with Crippen molar-refractivity contribution in [2.45, 2.75) is 58.1 Å². The van der Waals surface area contributed by atoms with Gasteiger partial charge in [-0.3, -0.25) is 0 Å². The van der Waals surface area contributed by atoms with Crippen molar-refractivity contribution in [3.63, 3.8) is 0 Å². The maximum atomic E-state index is 11.9. The first-order valence-corrected chi connectivity index (χ1v) is 9.02. The molecule has 0 atom stereocenters. The molecule has 0 radical (unpaired) electrons. The van der Waals surface area contributed by atoms with E-state index in [-0.39, 0.29) is 6.09 Å². The summed E-state index contributed by atoms with van der Waals surface area (Å²) in [5, 5.41) is 3.60. The summed E-state index contributed by atoms with van der Waals surface area (Å²) in [6.45, 7) is 8.43. The Morgan fingerprint density at radius 2 is 1.95 bits per heavy atom. The zero-order valence-electron chi connectivity index (χ0n) is 13.4. The zero-order chi connectivity index (χ0) is 15.0. The van der Waals surface area contributed by atoms with E-state index in [9.17, 15) is 4.79 Å². The summed E-state index contributed by atoms with van der Waals surface area (Å²) in [6.07, 6.45) is 6.57. The van der Waals surface area contributed by atoms with Crippen LogP contribution in [0.4, 0.5) is 4.79 Å². The van der Waals surface area contributed by atoms with E-state index in [0.29, 0.717) is 6.04 Å². The summed E-state index contributed by atoms with van der Waals surface area (Å²) in [5.41, 5.74) is -0.399. The average molecular weight is 302 g/mol. The van der Waals surface area contributed by atoms with Gasteiger partial charge in [0, 0.05) is 19.1 Å². The van der Waals surface area contributed by atoms with Gasteiger partial charge in [-0.05, 0) is 65.0 Å². The van der Waals surface area contributed by atoms with Crippen molar-refractivity contribution in [3.05, 3.63) is 0 Å². The minimum Gasteiger partial charge on any atom is -0.444 e. The lowest BCUT2D eigenvalue weighted by atomic mass is 10.1. The lowest BCUT2D eigenvalue weighted by Gasteiger charge is -2.33. The molecule has 0 aromatic carbocycles. The number of carbonyl (C=O) groups is 1. The van der Waals surface area contributed by atoms with E-state index in [1.165, 1.54) is 18.6 Å². The zero-order valence-corrected chi connectivity index (χ0v) is 14.2. The van der Waals surface area contributed by atoms with Crippen molar-refractivity contribution in [2.75, 3.05) is 31.6 Å². The van der Waals surface area contributed by atoms with Gasteiger partial charge in [0.25, 0.3) is 0 Å². The number of piperidine rings is 1. The molecule has 1 aliphatic heterocycles. The van der Waals surface area contributed by atoms with Gasteiger partial charge in [-0.25, -0.2) is 4.79 Å².